The van der Waals surface area contributed by atoms with Crippen molar-refractivity contribution in [3.8, 4) is 5.75 Å². The third kappa shape index (κ3) is 4.44. The van der Waals surface area contributed by atoms with Crippen LogP contribution in [0.25, 0.3) is 0 Å². The summed E-state index contributed by atoms with van der Waals surface area (Å²) in [5, 5.41) is 2.08. The second-order valence-electron chi connectivity index (χ2n) is 11.4. The zero-order valence-corrected chi connectivity index (χ0v) is 23.8. The smallest absolute Gasteiger partial charge is 0.224 e. The summed E-state index contributed by atoms with van der Waals surface area (Å²) in [5.74, 6) is -1.49. The van der Waals surface area contributed by atoms with Crippen LogP contribution >= 0.6 is 11.8 Å². The first-order valence-corrected chi connectivity index (χ1v) is 15.4. The van der Waals surface area contributed by atoms with Crippen LogP contribution in [0.5, 0.6) is 5.75 Å². The number of thioether (sulfide) groups is 1. The van der Waals surface area contributed by atoms with E-state index in [2.05, 4.69) is 5.01 Å². The molecule has 2 aliphatic heterocycles. The van der Waals surface area contributed by atoms with Gasteiger partial charge in [-0.25, -0.2) is 8.78 Å². The fourth-order valence-corrected chi connectivity index (χ4v) is 7.94. The maximum absolute atomic E-state index is 15.4. The van der Waals surface area contributed by atoms with E-state index in [1.54, 1.807) is 16.9 Å². The van der Waals surface area contributed by atoms with E-state index >= 15 is 4.39 Å². The van der Waals surface area contributed by atoms with Crippen LogP contribution in [0.1, 0.15) is 70.9 Å². The number of ether oxygens (including phenoxy) is 1. The third-order valence-corrected chi connectivity index (χ3v) is 10.0. The van der Waals surface area contributed by atoms with E-state index in [9.17, 15) is 14.0 Å². The van der Waals surface area contributed by atoms with E-state index < -0.39 is 23.1 Å². The van der Waals surface area contributed by atoms with Gasteiger partial charge in [-0.1, -0.05) is 73.9 Å². The van der Waals surface area contributed by atoms with E-state index in [0.717, 1.165) is 35.3 Å². The Morgan fingerprint density at radius 1 is 0.881 bits per heavy atom. The summed E-state index contributed by atoms with van der Waals surface area (Å²) in [7, 11) is 0. The molecule has 0 saturated heterocycles. The second-order valence-corrected chi connectivity index (χ2v) is 12.4. The van der Waals surface area contributed by atoms with Crippen LogP contribution in [0.3, 0.4) is 0 Å². The molecule has 3 aliphatic rings. The number of carbonyl (C=O) groups is 1. The number of Topliss-reactive ketones (excluding diaryl/α,β-unsaturated/α-hetero) is 1. The minimum absolute atomic E-state index is 0.0304. The standard InChI is InChI=1S/C34H30F2N2O3S/c35-26-14-13-23-25(29(26)36)20-42-28-12-6-5-11-24(28)30(23)38-21-34(16-7-2-8-17-34)33(40)31-32(27(39)15-18-37(31)38)41-19-22-9-3-1-4-10-22/h1,3-6,9-15,18,30H,2,7-8,16-17,19-21H2. The average Bonchev–Trinajstić information content (AvgIpc) is 3.18. The largest absolute Gasteiger partial charge is 0.483 e. The molecule has 1 spiro atoms. The van der Waals surface area contributed by atoms with Crippen molar-refractivity contribution in [2.75, 3.05) is 11.6 Å². The second kappa shape index (κ2) is 10.7. The van der Waals surface area contributed by atoms with E-state index in [-0.39, 0.29) is 35.0 Å². The summed E-state index contributed by atoms with van der Waals surface area (Å²) in [6.07, 6.45) is 5.87. The van der Waals surface area contributed by atoms with Crippen LogP contribution in [0, 0.1) is 17.0 Å². The van der Waals surface area contributed by atoms with Gasteiger partial charge in [-0.15, -0.1) is 11.8 Å². The van der Waals surface area contributed by atoms with Crippen molar-refractivity contribution >= 4 is 17.5 Å². The Kier molecular flexibility index (Phi) is 6.89. The van der Waals surface area contributed by atoms with E-state index in [4.69, 9.17) is 4.74 Å². The fourth-order valence-electron chi connectivity index (χ4n) is 6.83. The van der Waals surface area contributed by atoms with Gasteiger partial charge in [0.2, 0.25) is 5.43 Å². The van der Waals surface area contributed by atoms with E-state index in [1.807, 2.05) is 54.6 Å². The monoisotopic (exact) mass is 584 g/mol. The summed E-state index contributed by atoms with van der Waals surface area (Å²) in [6, 6.07) is 21.2. The minimum atomic E-state index is -0.878. The average molecular weight is 585 g/mol. The molecular weight excluding hydrogens is 554 g/mol. The Bertz CT molecular complexity index is 1730. The molecule has 1 saturated carbocycles. The summed E-state index contributed by atoms with van der Waals surface area (Å²) in [5.41, 5.74) is 1.96. The zero-order chi connectivity index (χ0) is 28.8. The summed E-state index contributed by atoms with van der Waals surface area (Å²) >= 11 is 1.48. The third-order valence-electron chi connectivity index (χ3n) is 8.92. The first kappa shape index (κ1) is 27.0. The molecule has 0 radical (unpaired) electrons. The Morgan fingerprint density at radius 3 is 2.45 bits per heavy atom. The fraction of sp³-hybridized carbons (Fsp3) is 0.294. The van der Waals surface area contributed by atoms with Gasteiger partial charge in [-0.3, -0.25) is 19.3 Å². The molecule has 1 aliphatic carbocycles. The molecule has 214 valence electrons. The number of carbonyl (C=O) groups excluding carboxylic acids is 1. The highest BCUT2D eigenvalue weighted by atomic mass is 32.2. The molecule has 8 heteroatoms. The molecule has 42 heavy (non-hydrogen) atoms. The Labute approximate surface area is 247 Å². The van der Waals surface area contributed by atoms with Crippen LogP contribution in [0.15, 0.2) is 88.7 Å². The van der Waals surface area contributed by atoms with Gasteiger partial charge in [0, 0.05) is 35.0 Å². The number of hydrogen-bond donors (Lipinski definition) is 0. The highest BCUT2D eigenvalue weighted by Crippen LogP contribution is 2.49. The molecule has 1 unspecified atom stereocenters. The van der Waals surface area contributed by atoms with Crippen molar-refractivity contribution in [1.82, 2.24) is 4.68 Å². The Balaban J connectivity index is 1.45. The van der Waals surface area contributed by atoms with Gasteiger partial charge >= 0.3 is 0 Å². The van der Waals surface area contributed by atoms with Crippen molar-refractivity contribution < 1.29 is 18.3 Å². The van der Waals surface area contributed by atoms with Gasteiger partial charge in [0.25, 0.3) is 0 Å². The highest BCUT2D eigenvalue weighted by Gasteiger charge is 2.50. The number of aromatic nitrogens is 1. The molecule has 1 aromatic heterocycles. The summed E-state index contributed by atoms with van der Waals surface area (Å²) in [6.45, 7) is 0.533. The highest BCUT2D eigenvalue weighted by molar-refractivity contribution is 7.98. The predicted octanol–water partition coefficient (Wildman–Crippen LogP) is 7.19. The molecule has 1 fully saturated rings. The van der Waals surface area contributed by atoms with Crippen LogP contribution in [-0.4, -0.2) is 17.0 Å². The van der Waals surface area contributed by atoms with Gasteiger partial charge in [0.1, 0.15) is 6.61 Å². The maximum atomic E-state index is 15.4. The van der Waals surface area contributed by atoms with Gasteiger partial charge in [0.15, 0.2) is 28.9 Å². The molecule has 3 aromatic carbocycles. The first-order chi connectivity index (χ1) is 20.5. The molecule has 1 atom stereocenters. The number of rotatable bonds is 4. The molecule has 0 amide bonds. The molecular formula is C34H30F2N2O3S. The van der Waals surface area contributed by atoms with Crippen molar-refractivity contribution in [2.24, 2.45) is 5.41 Å². The lowest BCUT2D eigenvalue weighted by Gasteiger charge is -2.49. The van der Waals surface area contributed by atoms with Crippen LogP contribution in [0.2, 0.25) is 0 Å². The normalized spacial score (nSPS) is 19.0. The van der Waals surface area contributed by atoms with Gasteiger partial charge in [0.05, 0.1) is 11.5 Å². The molecule has 4 aromatic rings. The Morgan fingerprint density at radius 2 is 1.64 bits per heavy atom. The quantitative estimate of drug-likeness (QED) is 0.254. The molecule has 0 N–H and O–H groups in total. The number of halogens is 2. The number of hydrogen-bond acceptors (Lipinski definition) is 5. The zero-order valence-electron chi connectivity index (χ0n) is 23.0. The topological polar surface area (TPSA) is 51.5 Å². The first-order valence-electron chi connectivity index (χ1n) is 14.4. The van der Waals surface area contributed by atoms with Gasteiger partial charge in [-0.2, -0.15) is 0 Å². The summed E-state index contributed by atoms with van der Waals surface area (Å²) in [4.78, 5) is 28.8. The number of nitrogens with zero attached hydrogens (tertiary/aromatic N) is 2. The van der Waals surface area contributed by atoms with Crippen molar-refractivity contribution in [3.05, 3.63) is 129 Å². The predicted molar refractivity (Wildman–Crippen MR) is 159 cm³/mol. The van der Waals surface area contributed by atoms with Gasteiger partial charge in [-0.05, 0) is 41.7 Å². The van der Waals surface area contributed by atoms with E-state index in [1.165, 1.54) is 23.9 Å². The van der Waals surface area contributed by atoms with E-state index in [0.29, 0.717) is 30.5 Å². The SMILES string of the molecule is O=C1c2c(OCc3ccccc3)c(=O)ccn2N(C2c3ccccc3SCc3c2ccc(F)c3F)CC12CCCCC2. The minimum Gasteiger partial charge on any atom is -0.483 e. The molecule has 7 rings (SSSR count). The lowest BCUT2D eigenvalue weighted by Crippen LogP contribution is -2.57. The molecule has 5 nitrogen and oxygen atoms in total. The number of pyridine rings is 1. The van der Waals surface area contributed by atoms with Crippen molar-refractivity contribution in [1.29, 1.82) is 0 Å². The van der Waals surface area contributed by atoms with Crippen molar-refractivity contribution in [2.45, 2.75) is 55.4 Å². The lowest BCUT2D eigenvalue weighted by atomic mass is 9.68. The summed E-state index contributed by atoms with van der Waals surface area (Å²) < 4.78 is 37.8. The number of fused-ring (bicyclic) bond motifs is 3. The van der Waals surface area contributed by atoms with Gasteiger partial charge < -0.3 is 4.74 Å². The lowest BCUT2D eigenvalue weighted by molar-refractivity contribution is 0.0643. The molecule has 0 bridgehead atoms. The molecule has 3 heterocycles. The number of benzene rings is 3. The Hall–Kier alpha value is -3.91. The maximum Gasteiger partial charge on any atom is 0.224 e. The van der Waals surface area contributed by atoms with Crippen LogP contribution < -0.4 is 15.2 Å². The number of ketones is 1. The van der Waals surface area contributed by atoms with Crippen molar-refractivity contribution in [3.63, 3.8) is 0 Å². The van der Waals surface area contributed by atoms with Crippen LogP contribution in [-0.2, 0) is 12.4 Å². The van der Waals surface area contributed by atoms with Crippen LogP contribution in [0.4, 0.5) is 8.78 Å².